The van der Waals surface area contributed by atoms with Crippen LogP contribution in [0.2, 0.25) is 0 Å². The van der Waals surface area contributed by atoms with Crippen LogP contribution in [0.25, 0.3) is 0 Å². The molecule has 2 aromatic carbocycles. The number of halogens is 1. The Morgan fingerprint density at radius 1 is 1.00 bits per heavy atom. The van der Waals surface area contributed by atoms with Gasteiger partial charge in [0.15, 0.2) is 0 Å². The Balaban J connectivity index is 1.64. The molecule has 0 atom stereocenters. The van der Waals surface area contributed by atoms with E-state index < -0.39 is 11.5 Å². The molecule has 3 rings (SSSR count). The van der Waals surface area contributed by atoms with E-state index in [1.54, 1.807) is 19.1 Å². The SMILES string of the molecule is Cc1ccc(NC(=O)c2ccc(=O)n(CCC(=O)Nc3ccc(F)cc3C)n2)cc1. The monoisotopic (exact) mass is 408 g/mol. The molecule has 3 aromatic rings. The Bertz CT molecular complexity index is 1140. The number of amides is 2. The molecular weight excluding hydrogens is 387 g/mol. The fraction of sp³-hybridized carbons (Fsp3) is 0.182. The molecule has 8 heteroatoms. The number of nitrogens with one attached hydrogen (secondary N) is 2. The van der Waals surface area contributed by atoms with Crippen LogP contribution in [-0.4, -0.2) is 21.6 Å². The second-order valence-electron chi connectivity index (χ2n) is 6.86. The van der Waals surface area contributed by atoms with Crippen molar-refractivity contribution in [2.24, 2.45) is 0 Å². The van der Waals surface area contributed by atoms with E-state index in [0.717, 1.165) is 10.2 Å². The number of aromatic nitrogens is 2. The van der Waals surface area contributed by atoms with Gasteiger partial charge in [0, 0.05) is 23.9 Å². The quantitative estimate of drug-likeness (QED) is 0.655. The van der Waals surface area contributed by atoms with Crippen LogP contribution in [0.4, 0.5) is 15.8 Å². The van der Waals surface area contributed by atoms with E-state index in [-0.39, 0.29) is 30.4 Å². The molecule has 0 spiro atoms. The number of carbonyl (C=O) groups is 2. The van der Waals surface area contributed by atoms with Crippen LogP contribution in [0.15, 0.2) is 59.4 Å². The summed E-state index contributed by atoms with van der Waals surface area (Å²) in [4.78, 5) is 36.6. The molecule has 0 unspecified atom stereocenters. The van der Waals surface area contributed by atoms with Crippen LogP contribution in [0, 0.1) is 19.7 Å². The third kappa shape index (κ3) is 5.38. The summed E-state index contributed by atoms with van der Waals surface area (Å²) in [6, 6.07) is 13.9. The standard InChI is InChI=1S/C22H21FN4O3/c1-14-3-6-17(7-4-14)24-22(30)19-9-10-21(29)27(26-19)12-11-20(28)25-18-8-5-16(23)13-15(18)2/h3-10,13H,11-12H2,1-2H3,(H,24,30)(H,25,28). The molecule has 2 N–H and O–H groups in total. The number of carbonyl (C=O) groups excluding carboxylic acids is 2. The fourth-order valence-corrected chi connectivity index (χ4v) is 2.75. The van der Waals surface area contributed by atoms with E-state index >= 15 is 0 Å². The topological polar surface area (TPSA) is 93.1 Å². The van der Waals surface area contributed by atoms with E-state index in [2.05, 4.69) is 15.7 Å². The van der Waals surface area contributed by atoms with E-state index in [1.165, 1.54) is 30.3 Å². The zero-order valence-corrected chi connectivity index (χ0v) is 16.6. The number of aryl methyl sites for hydroxylation is 3. The van der Waals surface area contributed by atoms with Crippen molar-refractivity contribution < 1.29 is 14.0 Å². The highest BCUT2D eigenvalue weighted by Crippen LogP contribution is 2.16. The Hall–Kier alpha value is -3.81. The molecule has 0 aliphatic rings. The van der Waals surface area contributed by atoms with Crippen molar-refractivity contribution in [3.05, 3.63) is 87.6 Å². The summed E-state index contributed by atoms with van der Waals surface area (Å²) in [6.45, 7) is 3.62. The first-order valence-corrected chi connectivity index (χ1v) is 9.34. The maximum atomic E-state index is 13.2. The molecule has 1 aromatic heterocycles. The van der Waals surface area contributed by atoms with Gasteiger partial charge in [0.05, 0.1) is 6.54 Å². The van der Waals surface area contributed by atoms with Crippen LogP contribution in [0.1, 0.15) is 28.0 Å². The maximum Gasteiger partial charge on any atom is 0.276 e. The summed E-state index contributed by atoms with van der Waals surface area (Å²) in [7, 11) is 0. The Morgan fingerprint density at radius 2 is 1.73 bits per heavy atom. The molecule has 0 fully saturated rings. The van der Waals surface area contributed by atoms with Crippen LogP contribution >= 0.6 is 0 Å². The van der Waals surface area contributed by atoms with Gasteiger partial charge in [0.25, 0.3) is 11.5 Å². The van der Waals surface area contributed by atoms with Crippen molar-refractivity contribution in [1.29, 1.82) is 0 Å². The average molecular weight is 408 g/mol. The van der Waals surface area contributed by atoms with Gasteiger partial charge in [-0.25, -0.2) is 9.07 Å². The first-order valence-electron chi connectivity index (χ1n) is 9.34. The van der Waals surface area contributed by atoms with Crippen molar-refractivity contribution in [3.8, 4) is 0 Å². The van der Waals surface area contributed by atoms with Gasteiger partial charge >= 0.3 is 0 Å². The van der Waals surface area contributed by atoms with Gasteiger partial charge < -0.3 is 10.6 Å². The third-order valence-corrected chi connectivity index (χ3v) is 4.42. The molecule has 1 heterocycles. The van der Waals surface area contributed by atoms with Gasteiger partial charge in [-0.1, -0.05) is 17.7 Å². The summed E-state index contributed by atoms with van der Waals surface area (Å²) < 4.78 is 14.2. The normalized spacial score (nSPS) is 10.5. The minimum absolute atomic E-state index is 0.00341. The highest BCUT2D eigenvalue weighted by atomic mass is 19.1. The molecule has 0 bridgehead atoms. The highest BCUT2D eigenvalue weighted by Gasteiger charge is 2.12. The lowest BCUT2D eigenvalue weighted by Crippen LogP contribution is -2.28. The molecule has 0 aliphatic carbocycles. The minimum Gasteiger partial charge on any atom is -0.326 e. The van der Waals surface area contributed by atoms with Crippen LogP contribution in [0.3, 0.4) is 0 Å². The minimum atomic E-state index is -0.459. The van der Waals surface area contributed by atoms with Gasteiger partial charge in [0.1, 0.15) is 11.5 Å². The van der Waals surface area contributed by atoms with Crippen LogP contribution in [-0.2, 0) is 11.3 Å². The smallest absolute Gasteiger partial charge is 0.276 e. The zero-order chi connectivity index (χ0) is 21.7. The number of hydrogen-bond donors (Lipinski definition) is 2. The average Bonchev–Trinajstić information content (AvgIpc) is 2.71. The lowest BCUT2D eigenvalue weighted by atomic mass is 10.2. The molecule has 0 radical (unpaired) electrons. The van der Waals surface area contributed by atoms with Crippen molar-refractivity contribution in [3.63, 3.8) is 0 Å². The number of benzene rings is 2. The second-order valence-corrected chi connectivity index (χ2v) is 6.86. The van der Waals surface area contributed by atoms with Gasteiger partial charge in [-0.3, -0.25) is 14.4 Å². The molecular formula is C22H21FN4O3. The van der Waals surface area contributed by atoms with Crippen LogP contribution < -0.4 is 16.2 Å². The summed E-state index contributed by atoms with van der Waals surface area (Å²) in [6.07, 6.45) is -0.0350. The summed E-state index contributed by atoms with van der Waals surface area (Å²) in [5, 5.41) is 9.44. The molecule has 154 valence electrons. The molecule has 0 saturated carbocycles. The predicted octanol–water partition coefficient (Wildman–Crippen LogP) is 3.28. The van der Waals surface area contributed by atoms with Gasteiger partial charge in [0.2, 0.25) is 5.91 Å². The van der Waals surface area contributed by atoms with Crippen molar-refractivity contribution in [1.82, 2.24) is 9.78 Å². The molecule has 0 saturated heterocycles. The Morgan fingerprint density at radius 3 is 2.43 bits per heavy atom. The predicted molar refractivity (Wildman–Crippen MR) is 112 cm³/mol. The van der Waals surface area contributed by atoms with Crippen molar-refractivity contribution in [2.75, 3.05) is 10.6 Å². The van der Waals surface area contributed by atoms with Gasteiger partial charge in [-0.15, -0.1) is 0 Å². The molecule has 2 amide bonds. The number of rotatable bonds is 6. The first kappa shape index (κ1) is 20.9. The number of hydrogen-bond acceptors (Lipinski definition) is 4. The van der Waals surface area contributed by atoms with E-state index in [4.69, 9.17) is 0 Å². The highest BCUT2D eigenvalue weighted by molar-refractivity contribution is 6.02. The second kappa shape index (κ2) is 9.13. The summed E-state index contributed by atoms with van der Waals surface area (Å²) in [5.74, 6) is -1.20. The van der Waals surface area contributed by atoms with Gasteiger partial charge in [-0.2, -0.15) is 5.10 Å². The van der Waals surface area contributed by atoms with Crippen molar-refractivity contribution >= 4 is 23.2 Å². The van der Waals surface area contributed by atoms with E-state index in [9.17, 15) is 18.8 Å². The lowest BCUT2D eigenvalue weighted by molar-refractivity contribution is -0.116. The fourth-order valence-electron chi connectivity index (χ4n) is 2.75. The van der Waals surface area contributed by atoms with E-state index in [0.29, 0.717) is 16.9 Å². The lowest BCUT2D eigenvalue weighted by Gasteiger charge is -2.10. The largest absolute Gasteiger partial charge is 0.326 e. The van der Waals surface area contributed by atoms with Crippen molar-refractivity contribution in [2.45, 2.75) is 26.8 Å². The Kier molecular flexibility index (Phi) is 6.36. The number of nitrogens with zero attached hydrogens (tertiary/aromatic N) is 2. The molecule has 30 heavy (non-hydrogen) atoms. The van der Waals surface area contributed by atoms with Gasteiger partial charge in [-0.05, 0) is 55.8 Å². The zero-order valence-electron chi connectivity index (χ0n) is 16.6. The Labute approximate surface area is 172 Å². The van der Waals surface area contributed by atoms with E-state index in [1.807, 2.05) is 19.1 Å². The first-order chi connectivity index (χ1) is 14.3. The maximum absolute atomic E-state index is 13.2. The number of anilines is 2. The summed E-state index contributed by atoms with van der Waals surface area (Å²) in [5.41, 5.74) is 2.40. The third-order valence-electron chi connectivity index (χ3n) is 4.42. The molecule has 0 aliphatic heterocycles. The molecule has 7 nitrogen and oxygen atoms in total. The summed E-state index contributed by atoms with van der Waals surface area (Å²) >= 11 is 0. The van der Waals surface area contributed by atoms with Crippen LogP contribution in [0.5, 0.6) is 0 Å².